The van der Waals surface area contributed by atoms with Gasteiger partial charge in [0.2, 0.25) is 5.13 Å². The molecule has 0 spiro atoms. The van der Waals surface area contributed by atoms with Crippen LogP contribution in [0.25, 0.3) is 0 Å². The van der Waals surface area contributed by atoms with Crippen molar-refractivity contribution < 1.29 is 14.3 Å². The van der Waals surface area contributed by atoms with E-state index in [4.69, 9.17) is 9.47 Å². The lowest BCUT2D eigenvalue weighted by Crippen LogP contribution is -2.07. The van der Waals surface area contributed by atoms with Crippen LogP contribution < -0.4 is 5.43 Å². The summed E-state index contributed by atoms with van der Waals surface area (Å²) >= 11 is 1.40. The molecule has 1 aromatic carbocycles. The number of hydrogen-bond acceptors (Lipinski definition) is 7. The molecule has 0 aliphatic rings. The zero-order valence-corrected chi connectivity index (χ0v) is 15.5. The lowest BCUT2D eigenvalue weighted by molar-refractivity contribution is -0.142. The molecule has 0 saturated carbocycles. The quantitative estimate of drug-likeness (QED) is 0.419. The van der Waals surface area contributed by atoms with Crippen molar-refractivity contribution in [3.8, 4) is 0 Å². The highest BCUT2D eigenvalue weighted by Crippen LogP contribution is 2.16. The minimum atomic E-state index is -0.274. The number of aromatic nitrogens is 1. The number of hydrogen-bond donors (Lipinski definition) is 1. The van der Waals surface area contributed by atoms with Crippen molar-refractivity contribution >= 4 is 28.7 Å². The highest BCUT2D eigenvalue weighted by Gasteiger charge is 2.07. The average molecular weight is 361 g/mol. The van der Waals surface area contributed by atoms with Crippen LogP contribution >= 0.6 is 11.3 Å². The van der Waals surface area contributed by atoms with Crippen LogP contribution in [0.2, 0.25) is 0 Å². The number of rotatable bonds is 9. The number of nitrogens with one attached hydrogen (secondary N) is 1. The zero-order valence-electron chi connectivity index (χ0n) is 14.7. The molecule has 0 bridgehead atoms. The fraction of sp³-hybridized carbons (Fsp3) is 0.389. The maximum Gasteiger partial charge on any atom is 0.311 e. The van der Waals surface area contributed by atoms with E-state index in [9.17, 15) is 4.79 Å². The monoisotopic (exact) mass is 361 g/mol. The first-order valence-electron chi connectivity index (χ1n) is 8.16. The van der Waals surface area contributed by atoms with Crippen molar-refractivity contribution in [2.24, 2.45) is 5.10 Å². The SMILES string of the molecule is CCOC(=O)Cc1csc(NN=Cc2ccc(COC(C)C)cc2)n1. The Morgan fingerprint density at radius 3 is 2.80 bits per heavy atom. The first-order valence-corrected chi connectivity index (χ1v) is 9.04. The molecule has 0 aliphatic carbocycles. The molecular formula is C18H23N3O3S. The van der Waals surface area contributed by atoms with Crippen LogP contribution in [-0.2, 0) is 27.3 Å². The standard InChI is InChI=1S/C18H23N3O3S/c1-4-23-17(22)9-16-12-25-18(20-16)21-19-10-14-5-7-15(8-6-14)11-24-13(2)3/h5-8,10,12-13H,4,9,11H2,1-3H3,(H,20,21). The summed E-state index contributed by atoms with van der Waals surface area (Å²) < 4.78 is 10.5. The van der Waals surface area contributed by atoms with E-state index in [2.05, 4.69) is 15.5 Å². The first-order chi connectivity index (χ1) is 12.1. The van der Waals surface area contributed by atoms with E-state index in [1.165, 1.54) is 11.3 Å². The second-order valence-corrected chi connectivity index (χ2v) is 6.46. The maximum atomic E-state index is 11.4. The van der Waals surface area contributed by atoms with Gasteiger partial charge in [0.05, 0.1) is 37.6 Å². The second kappa shape index (κ2) is 9.90. The molecule has 7 heteroatoms. The number of benzene rings is 1. The van der Waals surface area contributed by atoms with Crippen LogP contribution in [0, 0.1) is 0 Å². The fourth-order valence-electron chi connectivity index (χ4n) is 1.92. The minimum absolute atomic E-state index is 0.176. The summed E-state index contributed by atoms with van der Waals surface area (Å²) in [5, 5.41) is 6.62. The molecule has 0 aliphatic heterocycles. The van der Waals surface area contributed by atoms with Gasteiger partial charge in [-0.3, -0.25) is 10.2 Å². The smallest absolute Gasteiger partial charge is 0.311 e. The molecule has 1 N–H and O–H groups in total. The van der Waals surface area contributed by atoms with E-state index >= 15 is 0 Å². The molecule has 0 amide bonds. The van der Waals surface area contributed by atoms with E-state index in [1.54, 1.807) is 13.1 Å². The van der Waals surface area contributed by atoms with Crippen LogP contribution in [0.3, 0.4) is 0 Å². The Bertz CT molecular complexity index is 696. The molecule has 25 heavy (non-hydrogen) atoms. The molecule has 0 saturated heterocycles. The van der Waals surface area contributed by atoms with Gasteiger partial charge in [-0.1, -0.05) is 24.3 Å². The van der Waals surface area contributed by atoms with Crippen molar-refractivity contribution in [3.63, 3.8) is 0 Å². The second-order valence-electron chi connectivity index (χ2n) is 5.60. The van der Waals surface area contributed by atoms with Crippen molar-refractivity contribution in [2.75, 3.05) is 12.0 Å². The molecule has 0 radical (unpaired) electrons. The van der Waals surface area contributed by atoms with Gasteiger partial charge in [0.25, 0.3) is 0 Å². The third kappa shape index (κ3) is 7.03. The van der Waals surface area contributed by atoms with Gasteiger partial charge in [0, 0.05) is 5.38 Å². The predicted octanol–water partition coefficient (Wildman–Crippen LogP) is 3.62. The first kappa shape index (κ1) is 19.1. The van der Waals surface area contributed by atoms with E-state index in [0.717, 1.165) is 11.1 Å². The third-order valence-corrected chi connectivity index (χ3v) is 3.92. The van der Waals surface area contributed by atoms with Gasteiger partial charge < -0.3 is 9.47 Å². The molecule has 2 rings (SSSR count). The maximum absolute atomic E-state index is 11.4. The molecular weight excluding hydrogens is 338 g/mol. The van der Waals surface area contributed by atoms with Gasteiger partial charge in [-0.15, -0.1) is 11.3 Å². The number of ether oxygens (including phenoxy) is 2. The number of hydrazone groups is 1. The Balaban J connectivity index is 1.82. The van der Waals surface area contributed by atoms with Crippen LogP contribution in [0.1, 0.15) is 37.6 Å². The van der Waals surface area contributed by atoms with E-state index in [1.807, 2.05) is 43.5 Å². The molecule has 6 nitrogen and oxygen atoms in total. The third-order valence-electron chi connectivity index (χ3n) is 3.12. The zero-order chi connectivity index (χ0) is 18.1. The minimum Gasteiger partial charge on any atom is -0.466 e. The van der Waals surface area contributed by atoms with E-state index < -0.39 is 0 Å². The van der Waals surface area contributed by atoms with Gasteiger partial charge in [-0.25, -0.2) is 4.98 Å². The Morgan fingerprint density at radius 1 is 1.36 bits per heavy atom. The van der Waals surface area contributed by atoms with E-state index in [-0.39, 0.29) is 18.5 Å². The van der Waals surface area contributed by atoms with Gasteiger partial charge in [-0.05, 0) is 31.9 Å². The van der Waals surface area contributed by atoms with Crippen molar-refractivity contribution in [1.82, 2.24) is 4.98 Å². The fourth-order valence-corrected chi connectivity index (χ4v) is 2.58. The topological polar surface area (TPSA) is 72.8 Å². The highest BCUT2D eigenvalue weighted by molar-refractivity contribution is 7.13. The summed E-state index contributed by atoms with van der Waals surface area (Å²) in [5.41, 5.74) is 5.65. The molecule has 0 fully saturated rings. The van der Waals surface area contributed by atoms with Crippen molar-refractivity contribution in [1.29, 1.82) is 0 Å². The van der Waals surface area contributed by atoms with Gasteiger partial charge in [0.1, 0.15) is 0 Å². The molecule has 2 aromatic rings. The Hall–Kier alpha value is -2.25. The summed E-state index contributed by atoms with van der Waals surface area (Å²) in [6.07, 6.45) is 2.12. The van der Waals surface area contributed by atoms with Crippen LogP contribution in [0.5, 0.6) is 0 Å². The summed E-state index contributed by atoms with van der Waals surface area (Å²) in [5.74, 6) is -0.274. The van der Waals surface area contributed by atoms with Crippen molar-refractivity contribution in [3.05, 3.63) is 46.5 Å². The van der Waals surface area contributed by atoms with Gasteiger partial charge in [-0.2, -0.15) is 5.10 Å². The highest BCUT2D eigenvalue weighted by atomic mass is 32.1. The van der Waals surface area contributed by atoms with Crippen LogP contribution in [0.4, 0.5) is 5.13 Å². The molecule has 1 heterocycles. The van der Waals surface area contributed by atoms with Crippen LogP contribution in [-0.4, -0.2) is 29.9 Å². The Kier molecular flexibility index (Phi) is 7.56. The predicted molar refractivity (Wildman–Crippen MR) is 100 cm³/mol. The Morgan fingerprint density at radius 2 is 2.12 bits per heavy atom. The summed E-state index contributed by atoms with van der Waals surface area (Å²) in [6, 6.07) is 8.01. The number of thiazole rings is 1. The number of esters is 1. The molecule has 0 atom stereocenters. The summed E-state index contributed by atoms with van der Waals surface area (Å²) in [7, 11) is 0. The van der Waals surface area contributed by atoms with Crippen LogP contribution in [0.15, 0.2) is 34.7 Å². The van der Waals surface area contributed by atoms with E-state index in [0.29, 0.717) is 24.0 Å². The number of carbonyl (C=O) groups excluding carboxylic acids is 1. The lowest BCUT2D eigenvalue weighted by atomic mass is 10.1. The number of carbonyl (C=O) groups is 1. The number of nitrogens with zero attached hydrogens (tertiary/aromatic N) is 2. The molecule has 0 unspecified atom stereocenters. The van der Waals surface area contributed by atoms with Crippen molar-refractivity contribution in [2.45, 2.75) is 39.9 Å². The normalized spacial score (nSPS) is 11.2. The van der Waals surface area contributed by atoms with Gasteiger partial charge in [0.15, 0.2) is 0 Å². The molecule has 134 valence electrons. The summed E-state index contributed by atoms with van der Waals surface area (Å²) in [4.78, 5) is 15.7. The van der Waals surface area contributed by atoms with Gasteiger partial charge >= 0.3 is 5.97 Å². The lowest BCUT2D eigenvalue weighted by Gasteiger charge is -2.07. The number of anilines is 1. The molecule has 1 aromatic heterocycles. The average Bonchev–Trinajstić information content (AvgIpc) is 3.01. The summed E-state index contributed by atoms with van der Waals surface area (Å²) in [6.45, 7) is 6.80. The Labute approximate surface area is 151 Å². The largest absolute Gasteiger partial charge is 0.466 e.